The van der Waals surface area contributed by atoms with Crippen LogP contribution in [0.5, 0.6) is 0 Å². The van der Waals surface area contributed by atoms with Crippen LogP contribution in [0.4, 0.5) is 13.6 Å². The Morgan fingerprint density at radius 3 is 2.52 bits per heavy atom. The van der Waals surface area contributed by atoms with Crippen LogP contribution < -0.4 is 5.32 Å². The average molecular weight is 473 g/mol. The highest BCUT2D eigenvalue weighted by Crippen LogP contribution is 2.44. The Morgan fingerprint density at radius 2 is 1.85 bits per heavy atom. The van der Waals surface area contributed by atoms with Crippen LogP contribution in [0.2, 0.25) is 0 Å². The van der Waals surface area contributed by atoms with Gasteiger partial charge in [0.25, 0.3) is 5.92 Å². The van der Waals surface area contributed by atoms with Gasteiger partial charge in [-0.25, -0.2) is 13.6 Å². The molecular formula is C24H42F2N4O3. The molecule has 0 bridgehead atoms. The van der Waals surface area contributed by atoms with Crippen molar-refractivity contribution in [2.24, 2.45) is 5.92 Å². The van der Waals surface area contributed by atoms with Crippen molar-refractivity contribution in [3.05, 3.63) is 0 Å². The van der Waals surface area contributed by atoms with E-state index >= 15 is 0 Å². The van der Waals surface area contributed by atoms with Gasteiger partial charge in [0.1, 0.15) is 0 Å². The Hall–Kier alpha value is -1.03. The number of carbonyl (C=O) groups is 1. The number of halogens is 2. The third kappa shape index (κ3) is 6.16. The summed E-state index contributed by atoms with van der Waals surface area (Å²) in [5, 5.41) is 3.30. The van der Waals surface area contributed by atoms with E-state index in [2.05, 4.69) is 17.1 Å². The number of alkyl halides is 2. The summed E-state index contributed by atoms with van der Waals surface area (Å²) in [5.41, 5.74) is 0. The second kappa shape index (κ2) is 10.7. The molecule has 1 N–H and O–H groups in total. The molecule has 1 aliphatic carbocycles. The zero-order valence-corrected chi connectivity index (χ0v) is 20.4. The highest BCUT2D eigenvalue weighted by Gasteiger charge is 2.49. The number of likely N-dealkylation sites (N-methyl/N-ethyl adjacent to an activating group) is 1. The quantitative estimate of drug-likeness (QED) is 0.617. The number of likely N-dealkylation sites (tertiary alicyclic amines) is 2. The summed E-state index contributed by atoms with van der Waals surface area (Å²) in [5.74, 6) is -2.49. The van der Waals surface area contributed by atoms with Crippen molar-refractivity contribution < 1.29 is 23.0 Å². The number of carbonyl (C=O) groups excluding carboxylic acids is 1. The summed E-state index contributed by atoms with van der Waals surface area (Å²) >= 11 is 0. The first kappa shape index (κ1) is 25.1. The largest absolute Gasteiger partial charge is 0.348 e. The van der Waals surface area contributed by atoms with Crippen molar-refractivity contribution in [2.75, 3.05) is 59.0 Å². The number of rotatable bonds is 7. The van der Waals surface area contributed by atoms with Gasteiger partial charge in [-0.05, 0) is 38.6 Å². The van der Waals surface area contributed by atoms with Crippen LogP contribution in [-0.2, 0) is 9.47 Å². The lowest BCUT2D eigenvalue weighted by Gasteiger charge is -2.51. The van der Waals surface area contributed by atoms with Crippen LogP contribution in [0.1, 0.15) is 58.8 Å². The van der Waals surface area contributed by atoms with E-state index in [0.717, 1.165) is 45.2 Å². The molecule has 0 radical (unpaired) electrons. The van der Waals surface area contributed by atoms with Gasteiger partial charge < -0.3 is 24.6 Å². The van der Waals surface area contributed by atoms with Gasteiger partial charge in [-0.2, -0.15) is 0 Å². The van der Waals surface area contributed by atoms with Crippen molar-refractivity contribution in [2.45, 2.75) is 82.6 Å². The van der Waals surface area contributed by atoms with Crippen LogP contribution in [0.3, 0.4) is 0 Å². The Bertz CT molecular complexity index is 652. The maximum absolute atomic E-state index is 13.4. The SMILES string of the molecule is CCCN1C[C@@H](NC(=O)N(CC)CCN2CCC(F)(F)CC2)C[C@@H]2CC3(CC[C@H]21)OCCO3. The van der Waals surface area contributed by atoms with Crippen LogP contribution >= 0.6 is 0 Å². The van der Waals surface area contributed by atoms with Crippen molar-refractivity contribution in [1.82, 2.24) is 20.0 Å². The van der Waals surface area contributed by atoms with Gasteiger partial charge in [0.05, 0.1) is 13.2 Å². The van der Waals surface area contributed by atoms with Crippen LogP contribution in [0.15, 0.2) is 0 Å². The third-order valence-electron chi connectivity index (χ3n) is 8.04. The molecule has 0 aromatic carbocycles. The number of nitrogens with one attached hydrogen (secondary N) is 1. The van der Waals surface area contributed by atoms with Gasteiger partial charge in [0, 0.05) is 77.0 Å². The van der Waals surface area contributed by atoms with Crippen molar-refractivity contribution in [3.63, 3.8) is 0 Å². The van der Waals surface area contributed by atoms with E-state index < -0.39 is 11.7 Å². The van der Waals surface area contributed by atoms with E-state index in [0.29, 0.717) is 57.9 Å². The fourth-order valence-corrected chi connectivity index (χ4v) is 6.26. The minimum atomic E-state index is -2.53. The fraction of sp³-hybridized carbons (Fsp3) is 0.958. The lowest BCUT2D eigenvalue weighted by atomic mass is 9.74. The molecule has 0 unspecified atom stereocenters. The predicted octanol–water partition coefficient (Wildman–Crippen LogP) is 3.15. The fourth-order valence-electron chi connectivity index (χ4n) is 6.26. The van der Waals surface area contributed by atoms with E-state index in [1.807, 2.05) is 16.7 Å². The number of urea groups is 1. The molecule has 190 valence electrons. The van der Waals surface area contributed by atoms with E-state index in [4.69, 9.17) is 9.47 Å². The molecule has 9 heteroatoms. The molecule has 1 spiro atoms. The number of amides is 2. The molecule has 3 heterocycles. The first-order valence-electron chi connectivity index (χ1n) is 13.0. The first-order chi connectivity index (χ1) is 15.8. The van der Waals surface area contributed by atoms with Gasteiger partial charge >= 0.3 is 6.03 Å². The van der Waals surface area contributed by atoms with E-state index in [-0.39, 0.29) is 24.9 Å². The molecule has 1 saturated carbocycles. The van der Waals surface area contributed by atoms with E-state index in [9.17, 15) is 13.6 Å². The van der Waals surface area contributed by atoms with Crippen LogP contribution in [0, 0.1) is 5.92 Å². The maximum Gasteiger partial charge on any atom is 0.317 e. The van der Waals surface area contributed by atoms with Crippen molar-refractivity contribution in [3.8, 4) is 0 Å². The number of nitrogens with zero attached hydrogens (tertiary/aromatic N) is 3. The number of piperidine rings is 2. The standard InChI is InChI=1S/C24H42F2N4O3/c1-3-9-30-18-20(16-19-17-24(6-5-21(19)30)32-14-15-33-24)27-22(31)29(4-2)13-12-28-10-7-23(25,26)8-11-28/h19-21H,3-18H2,1-2H3,(H,27,31)/t19-,20+,21-/m1/s1. The van der Waals surface area contributed by atoms with Crippen LogP contribution in [0.25, 0.3) is 0 Å². The minimum absolute atomic E-state index is 0.0429. The number of ether oxygens (including phenoxy) is 2. The van der Waals surface area contributed by atoms with Gasteiger partial charge in [0.15, 0.2) is 5.79 Å². The summed E-state index contributed by atoms with van der Waals surface area (Å²) in [4.78, 5) is 19.5. The Morgan fingerprint density at radius 1 is 1.12 bits per heavy atom. The Kier molecular flexibility index (Phi) is 8.14. The predicted molar refractivity (Wildman–Crippen MR) is 122 cm³/mol. The minimum Gasteiger partial charge on any atom is -0.348 e. The number of fused-ring (bicyclic) bond motifs is 1. The summed E-state index contributed by atoms with van der Waals surface area (Å²) in [6, 6.07) is 0.597. The monoisotopic (exact) mass is 472 g/mol. The normalized spacial score (nSPS) is 31.9. The van der Waals surface area contributed by atoms with Gasteiger partial charge in [-0.1, -0.05) is 6.92 Å². The van der Waals surface area contributed by atoms with Gasteiger partial charge in [-0.3, -0.25) is 4.90 Å². The summed E-state index contributed by atoms with van der Waals surface area (Å²) in [7, 11) is 0. The molecule has 0 aromatic rings. The lowest BCUT2D eigenvalue weighted by molar-refractivity contribution is -0.201. The highest BCUT2D eigenvalue weighted by atomic mass is 19.3. The van der Waals surface area contributed by atoms with Crippen molar-refractivity contribution >= 4 is 6.03 Å². The molecule has 2 amide bonds. The van der Waals surface area contributed by atoms with Gasteiger partial charge in [-0.15, -0.1) is 0 Å². The zero-order chi connectivity index (χ0) is 23.5. The topological polar surface area (TPSA) is 57.3 Å². The molecule has 3 saturated heterocycles. The molecule has 7 nitrogen and oxygen atoms in total. The molecule has 3 aliphatic heterocycles. The second-order valence-corrected chi connectivity index (χ2v) is 10.3. The van der Waals surface area contributed by atoms with E-state index in [1.165, 1.54) is 0 Å². The molecule has 33 heavy (non-hydrogen) atoms. The molecular weight excluding hydrogens is 430 g/mol. The van der Waals surface area contributed by atoms with Gasteiger partial charge in [0.2, 0.25) is 0 Å². The Balaban J connectivity index is 1.31. The third-order valence-corrected chi connectivity index (χ3v) is 8.04. The number of hydrogen-bond acceptors (Lipinski definition) is 5. The Labute approximate surface area is 197 Å². The highest BCUT2D eigenvalue weighted by molar-refractivity contribution is 5.74. The summed E-state index contributed by atoms with van der Waals surface area (Å²) in [6.07, 6.45) is 4.82. The molecule has 3 atom stereocenters. The smallest absolute Gasteiger partial charge is 0.317 e. The molecule has 4 fully saturated rings. The van der Waals surface area contributed by atoms with Crippen molar-refractivity contribution in [1.29, 1.82) is 0 Å². The summed E-state index contributed by atoms with van der Waals surface area (Å²) < 4.78 is 38.8. The first-order valence-corrected chi connectivity index (χ1v) is 13.0. The second-order valence-electron chi connectivity index (χ2n) is 10.3. The zero-order valence-electron chi connectivity index (χ0n) is 20.4. The van der Waals surface area contributed by atoms with E-state index in [1.54, 1.807) is 0 Å². The molecule has 4 aliphatic rings. The van der Waals surface area contributed by atoms with Crippen LogP contribution in [-0.4, -0.2) is 104 Å². The summed E-state index contributed by atoms with van der Waals surface area (Å²) in [6.45, 7) is 10.1. The maximum atomic E-state index is 13.4. The average Bonchev–Trinajstić information content (AvgIpc) is 3.22. The molecule has 0 aromatic heterocycles. The molecule has 4 rings (SSSR count). The lowest BCUT2D eigenvalue weighted by Crippen LogP contribution is -2.60. The number of hydrogen-bond donors (Lipinski definition) is 1.